The number of aryl methyl sites for hydroxylation is 1. The number of amides is 2. The molecule has 4 N–H and O–H groups in total. The average Bonchev–Trinajstić information content (AvgIpc) is 3.46. The second-order valence-electron chi connectivity index (χ2n) is 9.03. The van der Waals surface area contributed by atoms with Gasteiger partial charge in [0.15, 0.2) is 17.3 Å². The van der Waals surface area contributed by atoms with Gasteiger partial charge in [-0.05, 0) is 61.6 Å². The van der Waals surface area contributed by atoms with Gasteiger partial charge >= 0.3 is 6.03 Å². The number of pyridine rings is 1. The molecule has 2 aromatic carbocycles. The number of nitrogens with zero attached hydrogens (tertiary/aromatic N) is 2. The Morgan fingerprint density at radius 1 is 1.17 bits per heavy atom. The van der Waals surface area contributed by atoms with E-state index in [0.29, 0.717) is 46.8 Å². The number of anilines is 2. The van der Waals surface area contributed by atoms with Gasteiger partial charge in [-0.2, -0.15) is 0 Å². The number of carbonyl (C=O) groups excluding carboxylic acids is 1. The van der Waals surface area contributed by atoms with Gasteiger partial charge in [0.25, 0.3) is 0 Å². The normalized spacial score (nSPS) is 13.9. The molecule has 0 aliphatic heterocycles. The Morgan fingerprint density at radius 2 is 2.00 bits per heavy atom. The van der Waals surface area contributed by atoms with Crippen LogP contribution in [0.5, 0.6) is 11.5 Å². The first-order valence-electron chi connectivity index (χ1n) is 11.5. The fraction of sp³-hybridized carbons (Fsp3) is 0.269. The minimum atomic E-state index is -0.467. The molecule has 2 aromatic heterocycles. The Labute approximate surface area is 212 Å². The highest BCUT2D eigenvalue weighted by Gasteiger charge is 2.39. The Kier molecular flexibility index (Phi) is 6.42. The van der Waals surface area contributed by atoms with Crippen LogP contribution in [0.4, 0.5) is 16.3 Å². The van der Waals surface area contributed by atoms with Gasteiger partial charge in [0.2, 0.25) is 0 Å². The van der Waals surface area contributed by atoms with Crippen LogP contribution >= 0.6 is 11.6 Å². The van der Waals surface area contributed by atoms with Gasteiger partial charge in [-0.1, -0.05) is 22.8 Å². The minimum Gasteiger partial charge on any atom is -0.493 e. The molecule has 1 aliphatic carbocycles. The second-order valence-corrected chi connectivity index (χ2v) is 9.44. The quantitative estimate of drug-likeness (QED) is 0.295. The molecule has 9 nitrogen and oxygen atoms in total. The molecule has 1 saturated carbocycles. The van der Waals surface area contributed by atoms with E-state index in [1.807, 2.05) is 30.3 Å². The second kappa shape index (κ2) is 9.67. The molecule has 36 heavy (non-hydrogen) atoms. The molecule has 186 valence electrons. The first-order valence-corrected chi connectivity index (χ1v) is 11.9. The minimum absolute atomic E-state index is 0.231. The number of carbonyl (C=O) groups is 1. The van der Waals surface area contributed by atoms with Crippen LogP contribution in [0.1, 0.15) is 29.7 Å². The zero-order chi connectivity index (χ0) is 25.3. The van der Waals surface area contributed by atoms with Crippen LogP contribution in [0.3, 0.4) is 0 Å². The van der Waals surface area contributed by atoms with Gasteiger partial charge in [0.1, 0.15) is 12.4 Å². The van der Waals surface area contributed by atoms with Gasteiger partial charge in [-0.3, -0.25) is 10.3 Å². The monoisotopic (exact) mass is 507 g/mol. The summed E-state index contributed by atoms with van der Waals surface area (Å²) in [6, 6.07) is 12.5. The number of halogens is 1. The van der Waals surface area contributed by atoms with Crippen molar-refractivity contribution in [2.45, 2.75) is 31.7 Å². The maximum Gasteiger partial charge on any atom is 0.324 e. The lowest BCUT2D eigenvalue weighted by Gasteiger charge is -2.16. The maximum absolute atomic E-state index is 12.3. The van der Waals surface area contributed by atoms with Crippen molar-refractivity contribution in [2.75, 3.05) is 24.4 Å². The first-order chi connectivity index (χ1) is 17.3. The van der Waals surface area contributed by atoms with E-state index in [-0.39, 0.29) is 5.54 Å². The third kappa shape index (κ3) is 5.37. The number of hydrogen-bond acceptors (Lipinski definition) is 7. The van der Waals surface area contributed by atoms with E-state index in [4.69, 9.17) is 31.3 Å². The number of urea groups is 1. The smallest absolute Gasteiger partial charge is 0.324 e. The van der Waals surface area contributed by atoms with Crippen molar-refractivity contribution in [3.05, 3.63) is 70.6 Å². The molecule has 0 atom stereocenters. The molecule has 0 bridgehead atoms. The van der Waals surface area contributed by atoms with Gasteiger partial charge < -0.3 is 25.0 Å². The number of nitrogens with two attached hydrogens (primary N) is 1. The van der Waals surface area contributed by atoms with Gasteiger partial charge in [0.05, 0.1) is 28.9 Å². The number of fused-ring (bicyclic) bond motifs is 1. The van der Waals surface area contributed by atoms with Crippen molar-refractivity contribution in [1.29, 1.82) is 0 Å². The van der Waals surface area contributed by atoms with Crippen LogP contribution in [-0.4, -0.2) is 35.4 Å². The predicted octanol–water partition coefficient (Wildman–Crippen LogP) is 5.30. The van der Waals surface area contributed by atoms with Crippen LogP contribution in [0, 0.1) is 6.92 Å². The number of aromatic nitrogens is 2. The number of nitrogens with one attached hydrogen (secondary N) is 2. The molecular formula is C26H26ClN5O4. The summed E-state index contributed by atoms with van der Waals surface area (Å²) in [6.07, 6.45) is 4.31. The summed E-state index contributed by atoms with van der Waals surface area (Å²) in [5.74, 6) is 2.18. The molecule has 0 saturated heterocycles. The zero-order valence-electron chi connectivity index (χ0n) is 19.9. The highest BCUT2D eigenvalue weighted by Crippen LogP contribution is 2.37. The Balaban J connectivity index is 1.32. The van der Waals surface area contributed by atoms with E-state index in [9.17, 15) is 4.79 Å². The van der Waals surface area contributed by atoms with E-state index in [2.05, 4.69) is 20.8 Å². The lowest BCUT2D eigenvalue weighted by Crippen LogP contribution is -2.29. The third-order valence-electron chi connectivity index (χ3n) is 6.07. The summed E-state index contributed by atoms with van der Waals surface area (Å²) in [5, 5.41) is 10.4. The Bertz CT molecular complexity index is 1430. The number of benzene rings is 2. The zero-order valence-corrected chi connectivity index (χ0v) is 20.7. The summed E-state index contributed by atoms with van der Waals surface area (Å²) in [6.45, 7) is 2.19. The largest absolute Gasteiger partial charge is 0.493 e. The highest BCUT2D eigenvalue weighted by molar-refractivity contribution is 6.33. The lowest BCUT2D eigenvalue weighted by atomic mass is 10.0. The van der Waals surface area contributed by atoms with E-state index < -0.39 is 6.03 Å². The Hall–Kier alpha value is -3.82. The topological polar surface area (TPSA) is 125 Å². The van der Waals surface area contributed by atoms with Crippen LogP contribution < -0.4 is 25.8 Å². The van der Waals surface area contributed by atoms with Crippen LogP contribution in [0.2, 0.25) is 5.02 Å². The van der Waals surface area contributed by atoms with Crippen molar-refractivity contribution in [1.82, 2.24) is 10.1 Å². The van der Waals surface area contributed by atoms with Crippen molar-refractivity contribution in [3.63, 3.8) is 0 Å². The van der Waals surface area contributed by atoms with E-state index in [1.165, 1.54) is 0 Å². The molecule has 10 heteroatoms. The van der Waals surface area contributed by atoms with Crippen molar-refractivity contribution < 1.29 is 18.8 Å². The van der Waals surface area contributed by atoms with Gasteiger partial charge in [-0.15, -0.1) is 0 Å². The number of rotatable bonds is 8. The van der Waals surface area contributed by atoms with Crippen LogP contribution in [0.15, 0.2) is 53.2 Å². The maximum atomic E-state index is 12.3. The lowest BCUT2D eigenvalue weighted by molar-refractivity contribution is 0.262. The molecule has 2 amide bonds. The van der Waals surface area contributed by atoms with Crippen molar-refractivity contribution >= 4 is 40.0 Å². The SMILES string of the molecule is COc1cc2c(Cc3ccc(NC(=O)Nc4cc(C)on4)c(Cl)c3)ccnc2cc1OCC1(N)CC1. The van der Waals surface area contributed by atoms with E-state index in [1.54, 1.807) is 32.4 Å². The van der Waals surface area contributed by atoms with Gasteiger partial charge in [0, 0.05) is 23.7 Å². The molecule has 4 aromatic rings. The van der Waals surface area contributed by atoms with Crippen LogP contribution in [0.25, 0.3) is 10.9 Å². The number of ether oxygens (including phenoxy) is 2. The third-order valence-corrected chi connectivity index (χ3v) is 6.38. The van der Waals surface area contributed by atoms with Crippen molar-refractivity contribution in [3.8, 4) is 11.5 Å². The average molecular weight is 508 g/mol. The molecule has 0 spiro atoms. The highest BCUT2D eigenvalue weighted by atomic mass is 35.5. The molecule has 0 unspecified atom stereocenters. The standard InChI is InChI=1S/C26H26ClN5O4/c1-15-9-24(32-36-15)31-25(33)30-20-4-3-16(11-19(20)27)10-17-5-8-29-21-13-23(22(34-2)12-18(17)21)35-14-26(28)6-7-26/h3-5,8-9,11-13H,6-7,10,14,28H2,1-2H3,(H2,30,31,32,33). The summed E-state index contributed by atoms with van der Waals surface area (Å²) in [4.78, 5) is 16.8. The summed E-state index contributed by atoms with van der Waals surface area (Å²) < 4.78 is 16.5. The number of hydrogen-bond donors (Lipinski definition) is 3. The Morgan fingerprint density at radius 3 is 2.69 bits per heavy atom. The molecule has 5 rings (SSSR count). The first kappa shape index (κ1) is 23.9. The van der Waals surface area contributed by atoms with Crippen molar-refractivity contribution in [2.24, 2.45) is 5.73 Å². The molecule has 0 radical (unpaired) electrons. The fourth-order valence-corrected chi connectivity index (χ4v) is 4.10. The number of methoxy groups -OCH3 is 1. The molecular weight excluding hydrogens is 482 g/mol. The molecule has 2 heterocycles. The van der Waals surface area contributed by atoms with E-state index in [0.717, 1.165) is 34.9 Å². The van der Waals surface area contributed by atoms with Gasteiger partial charge in [-0.25, -0.2) is 4.79 Å². The summed E-state index contributed by atoms with van der Waals surface area (Å²) in [5.41, 5.74) is 9.25. The fourth-order valence-electron chi connectivity index (χ4n) is 3.85. The predicted molar refractivity (Wildman–Crippen MR) is 138 cm³/mol. The van der Waals surface area contributed by atoms with E-state index >= 15 is 0 Å². The molecule has 1 aliphatic rings. The summed E-state index contributed by atoms with van der Waals surface area (Å²) in [7, 11) is 1.62. The summed E-state index contributed by atoms with van der Waals surface area (Å²) >= 11 is 6.47. The van der Waals surface area contributed by atoms with Crippen LogP contribution in [-0.2, 0) is 6.42 Å². The molecule has 1 fully saturated rings.